The fraction of sp³-hybridized carbons (Fsp3) is 0.276. The Hall–Kier alpha value is -3.56. The van der Waals surface area contributed by atoms with E-state index in [-0.39, 0.29) is 24.1 Å². The second kappa shape index (κ2) is 13.5. The van der Waals surface area contributed by atoms with Crippen molar-refractivity contribution in [3.63, 3.8) is 0 Å². The van der Waals surface area contributed by atoms with Crippen LogP contribution in [0.2, 0.25) is 5.02 Å². The number of rotatable bonds is 10. The van der Waals surface area contributed by atoms with Gasteiger partial charge in [0.15, 0.2) is 16.7 Å². The van der Waals surface area contributed by atoms with E-state index in [1.165, 1.54) is 36.0 Å². The molecule has 7 nitrogen and oxygen atoms in total. The average molecular weight is 570 g/mol. The molecule has 0 aromatic heterocycles. The number of anilines is 1. The Labute approximate surface area is 236 Å². The highest BCUT2D eigenvalue weighted by atomic mass is 35.5. The normalized spacial score (nSPS) is 16.3. The summed E-state index contributed by atoms with van der Waals surface area (Å²) >= 11 is 7.24. The first kappa shape index (κ1) is 28.4. The number of carbonyl (C=O) groups is 2. The summed E-state index contributed by atoms with van der Waals surface area (Å²) in [5.74, 6) is 0.378. The van der Waals surface area contributed by atoms with Crippen LogP contribution in [0.25, 0.3) is 0 Å². The van der Waals surface area contributed by atoms with Crippen LogP contribution in [-0.4, -0.2) is 46.9 Å². The minimum atomic E-state index is -0.693. The third-order valence-corrected chi connectivity index (χ3v) is 7.23. The Morgan fingerprint density at radius 3 is 2.54 bits per heavy atom. The van der Waals surface area contributed by atoms with E-state index >= 15 is 0 Å². The minimum Gasteiger partial charge on any atom is -0.490 e. The van der Waals surface area contributed by atoms with Crippen LogP contribution in [0.1, 0.15) is 25.8 Å². The van der Waals surface area contributed by atoms with Crippen molar-refractivity contribution in [1.82, 2.24) is 4.90 Å². The van der Waals surface area contributed by atoms with E-state index in [0.717, 1.165) is 5.56 Å². The molecule has 0 saturated carbocycles. The van der Waals surface area contributed by atoms with Crippen molar-refractivity contribution in [3.05, 3.63) is 83.1 Å². The van der Waals surface area contributed by atoms with Gasteiger partial charge in [-0.2, -0.15) is 0 Å². The molecule has 204 valence electrons. The van der Waals surface area contributed by atoms with Gasteiger partial charge in [0.2, 0.25) is 11.8 Å². The number of benzene rings is 3. The van der Waals surface area contributed by atoms with Crippen LogP contribution in [0.4, 0.5) is 15.8 Å². The molecule has 10 heteroatoms. The lowest BCUT2D eigenvalue weighted by Crippen LogP contribution is -2.46. The van der Waals surface area contributed by atoms with Crippen molar-refractivity contribution < 1.29 is 23.5 Å². The molecular formula is C29H29ClFN3O4S. The highest BCUT2D eigenvalue weighted by Gasteiger charge is 2.36. The summed E-state index contributed by atoms with van der Waals surface area (Å²) in [5.41, 5.74) is 1.98. The molecule has 0 bridgehead atoms. The Bertz CT molecular complexity index is 1350. The van der Waals surface area contributed by atoms with Crippen molar-refractivity contribution in [2.75, 3.05) is 25.1 Å². The Kier molecular flexibility index (Phi) is 9.84. The molecule has 1 aliphatic heterocycles. The van der Waals surface area contributed by atoms with Gasteiger partial charge in [-0.05, 0) is 80.4 Å². The number of amides is 2. The van der Waals surface area contributed by atoms with Gasteiger partial charge in [0.1, 0.15) is 11.1 Å². The molecule has 2 amide bonds. The van der Waals surface area contributed by atoms with E-state index in [1.54, 1.807) is 29.2 Å². The summed E-state index contributed by atoms with van der Waals surface area (Å²) in [4.78, 5) is 32.6. The van der Waals surface area contributed by atoms with Crippen LogP contribution in [-0.2, 0) is 16.0 Å². The lowest BCUT2D eigenvalue weighted by Gasteiger charge is -2.32. The molecule has 1 atom stereocenters. The molecule has 3 aromatic rings. The van der Waals surface area contributed by atoms with Crippen molar-refractivity contribution >= 4 is 51.7 Å². The number of nitrogens with zero attached hydrogens (tertiary/aromatic N) is 2. The number of ether oxygens (including phenoxy) is 2. The maximum atomic E-state index is 13.5. The zero-order valence-electron chi connectivity index (χ0n) is 21.7. The fourth-order valence-corrected chi connectivity index (χ4v) is 5.28. The van der Waals surface area contributed by atoms with E-state index in [1.807, 2.05) is 32.0 Å². The number of nitrogens with one attached hydrogen (secondary N) is 1. The lowest BCUT2D eigenvalue weighted by molar-refractivity contribution is -0.129. The summed E-state index contributed by atoms with van der Waals surface area (Å²) in [6.45, 7) is 5.18. The van der Waals surface area contributed by atoms with Gasteiger partial charge >= 0.3 is 0 Å². The summed E-state index contributed by atoms with van der Waals surface area (Å²) < 4.78 is 24.9. The number of hydrogen-bond donors (Lipinski definition) is 1. The van der Waals surface area contributed by atoms with E-state index in [2.05, 4.69) is 10.3 Å². The van der Waals surface area contributed by atoms with Gasteiger partial charge in [-0.3, -0.25) is 14.5 Å². The van der Waals surface area contributed by atoms with Crippen LogP contribution in [0, 0.1) is 5.82 Å². The van der Waals surface area contributed by atoms with E-state index in [9.17, 15) is 14.0 Å². The molecular weight excluding hydrogens is 541 g/mol. The topological polar surface area (TPSA) is 80.2 Å². The second-order valence-corrected chi connectivity index (χ2v) is 10.2. The van der Waals surface area contributed by atoms with Crippen molar-refractivity contribution in [1.29, 1.82) is 0 Å². The van der Waals surface area contributed by atoms with E-state index < -0.39 is 5.25 Å². The van der Waals surface area contributed by atoms with Crippen molar-refractivity contribution in [3.8, 4) is 11.5 Å². The Balaban J connectivity index is 1.55. The average Bonchev–Trinajstić information content (AvgIpc) is 2.91. The second-order valence-electron chi connectivity index (χ2n) is 8.62. The predicted molar refractivity (Wildman–Crippen MR) is 154 cm³/mol. The smallest absolute Gasteiger partial charge is 0.238 e. The van der Waals surface area contributed by atoms with Crippen molar-refractivity contribution in [2.45, 2.75) is 31.9 Å². The Morgan fingerprint density at radius 2 is 1.82 bits per heavy atom. The lowest BCUT2D eigenvalue weighted by atomic mass is 10.1. The zero-order valence-corrected chi connectivity index (χ0v) is 23.2. The molecule has 1 saturated heterocycles. The van der Waals surface area contributed by atoms with Crippen LogP contribution in [0.3, 0.4) is 0 Å². The first-order valence-electron chi connectivity index (χ1n) is 12.6. The molecule has 4 rings (SSSR count). The molecule has 0 aliphatic carbocycles. The fourth-order valence-electron chi connectivity index (χ4n) is 3.97. The molecule has 0 radical (unpaired) electrons. The number of hydrogen-bond acceptors (Lipinski definition) is 6. The predicted octanol–water partition coefficient (Wildman–Crippen LogP) is 6.48. The maximum absolute atomic E-state index is 13.5. The summed E-state index contributed by atoms with van der Waals surface area (Å²) in [6, 6.07) is 18.2. The highest BCUT2D eigenvalue weighted by molar-refractivity contribution is 8.15. The third-order valence-electron chi connectivity index (χ3n) is 5.81. The third kappa shape index (κ3) is 7.74. The molecule has 0 unspecified atom stereocenters. The largest absolute Gasteiger partial charge is 0.490 e. The number of amidine groups is 1. The first-order chi connectivity index (χ1) is 18.9. The van der Waals surface area contributed by atoms with Gasteiger partial charge < -0.3 is 14.8 Å². The van der Waals surface area contributed by atoms with Gasteiger partial charge in [-0.15, -0.1) is 0 Å². The monoisotopic (exact) mass is 569 g/mol. The van der Waals surface area contributed by atoms with Gasteiger partial charge in [0.25, 0.3) is 0 Å². The SMILES string of the molecule is CCOc1ccc(CCN2C(=O)C[C@H](C(=O)Nc3cccc(Cl)c3)SC2=Nc2ccc(F)cc2)cc1OCC. The first-order valence-corrected chi connectivity index (χ1v) is 13.9. The highest BCUT2D eigenvalue weighted by Crippen LogP contribution is 2.32. The molecule has 0 spiro atoms. The summed E-state index contributed by atoms with van der Waals surface area (Å²) in [6.07, 6.45) is 0.535. The van der Waals surface area contributed by atoms with Gasteiger partial charge in [0, 0.05) is 23.7 Å². The number of aliphatic imine (C=N–C) groups is 1. The van der Waals surface area contributed by atoms with E-state index in [4.69, 9.17) is 21.1 Å². The number of thioether (sulfide) groups is 1. The molecule has 3 aromatic carbocycles. The number of halogens is 2. The Morgan fingerprint density at radius 1 is 1.08 bits per heavy atom. The van der Waals surface area contributed by atoms with Crippen LogP contribution >= 0.6 is 23.4 Å². The van der Waals surface area contributed by atoms with E-state index in [0.29, 0.717) is 59.2 Å². The van der Waals surface area contributed by atoms with Gasteiger partial charge in [0.05, 0.1) is 18.9 Å². The molecule has 1 fully saturated rings. The summed E-state index contributed by atoms with van der Waals surface area (Å²) in [7, 11) is 0. The molecule has 1 heterocycles. The zero-order chi connectivity index (χ0) is 27.8. The minimum absolute atomic E-state index is 0.00692. The van der Waals surface area contributed by atoms with Crippen LogP contribution < -0.4 is 14.8 Å². The van der Waals surface area contributed by atoms with Crippen LogP contribution in [0.5, 0.6) is 11.5 Å². The van der Waals surface area contributed by atoms with Gasteiger partial charge in [-0.1, -0.05) is 35.5 Å². The molecule has 39 heavy (non-hydrogen) atoms. The summed E-state index contributed by atoms with van der Waals surface area (Å²) in [5, 5.41) is 3.00. The van der Waals surface area contributed by atoms with Gasteiger partial charge in [-0.25, -0.2) is 9.38 Å². The standard InChI is InChI=1S/C29H29ClFN3O4S/c1-3-37-24-13-8-19(16-25(24)38-4-2)14-15-34-27(35)18-26(28(36)32-23-7-5-6-20(30)17-23)39-29(34)33-22-11-9-21(31)10-12-22/h5-13,16-17,26H,3-4,14-15,18H2,1-2H3,(H,32,36)/t26-/m1/s1. The van der Waals surface area contributed by atoms with Crippen molar-refractivity contribution in [2.24, 2.45) is 4.99 Å². The quantitative estimate of drug-likeness (QED) is 0.302. The number of carbonyl (C=O) groups excluding carboxylic acids is 2. The van der Waals surface area contributed by atoms with Crippen LogP contribution in [0.15, 0.2) is 71.7 Å². The molecule has 1 N–H and O–H groups in total. The molecule has 1 aliphatic rings. The maximum Gasteiger partial charge on any atom is 0.238 e.